The summed E-state index contributed by atoms with van der Waals surface area (Å²) >= 11 is 1.50. The molecule has 0 radical (unpaired) electrons. The molecule has 0 bridgehead atoms. The fourth-order valence-electron chi connectivity index (χ4n) is 1.93. The molecule has 1 atom stereocenters. The average molecular weight is 328 g/mol. The van der Waals surface area contributed by atoms with Crippen LogP contribution in [0, 0.1) is 6.92 Å². The molecule has 0 aliphatic heterocycles. The van der Waals surface area contributed by atoms with E-state index in [0.717, 1.165) is 10.7 Å². The molecule has 0 aromatic carbocycles. The van der Waals surface area contributed by atoms with Crippen LogP contribution in [0.15, 0.2) is 11.7 Å². The van der Waals surface area contributed by atoms with E-state index in [9.17, 15) is 13.2 Å². The highest BCUT2D eigenvalue weighted by Gasteiger charge is 2.35. The third kappa shape index (κ3) is 2.73. The van der Waals surface area contributed by atoms with Crippen LogP contribution in [0.5, 0.6) is 0 Å². The second-order valence-electron chi connectivity index (χ2n) is 4.66. The van der Waals surface area contributed by atoms with E-state index in [4.69, 9.17) is 0 Å². The van der Waals surface area contributed by atoms with Gasteiger partial charge in [-0.3, -0.25) is 0 Å². The maximum absolute atomic E-state index is 12.7. The first-order valence-electron chi connectivity index (χ1n) is 6.31. The molecule has 6 nitrogen and oxygen atoms in total. The smallest absolute Gasteiger partial charge is 0.360 e. The van der Waals surface area contributed by atoms with Gasteiger partial charge in [0.15, 0.2) is 11.5 Å². The van der Waals surface area contributed by atoms with Gasteiger partial charge in [0.2, 0.25) is 5.82 Å². The van der Waals surface area contributed by atoms with Crippen LogP contribution in [0.3, 0.4) is 0 Å². The van der Waals surface area contributed by atoms with Crippen LogP contribution in [0.4, 0.5) is 19.0 Å². The lowest BCUT2D eigenvalue weighted by atomic mass is 10.2. The normalized spacial score (nSPS) is 13.5. The number of nitrogens with zero attached hydrogens (tertiary/aromatic N) is 4. The number of fused-ring (bicyclic) bond motifs is 1. The van der Waals surface area contributed by atoms with Gasteiger partial charge in [-0.1, -0.05) is 0 Å². The predicted octanol–water partition coefficient (Wildman–Crippen LogP) is 3.31. The molecule has 116 valence electrons. The number of aryl methyl sites for hydroxylation is 1. The summed E-state index contributed by atoms with van der Waals surface area (Å²) in [6, 6.07) is -0.208. The van der Waals surface area contributed by atoms with Gasteiger partial charge < -0.3 is 10.3 Å². The Morgan fingerprint density at radius 3 is 2.68 bits per heavy atom. The molecule has 1 unspecified atom stereocenters. The molecule has 2 N–H and O–H groups in total. The number of alkyl halides is 3. The van der Waals surface area contributed by atoms with Crippen molar-refractivity contribution >= 4 is 28.3 Å². The molecule has 0 aliphatic rings. The van der Waals surface area contributed by atoms with Gasteiger partial charge in [-0.05, 0) is 13.8 Å². The Bertz CT molecular complexity index is 809. The number of rotatable bonds is 3. The summed E-state index contributed by atoms with van der Waals surface area (Å²) in [5.74, 6) is -0.839. The van der Waals surface area contributed by atoms with Crippen molar-refractivity contribution in [3.63, 3.8) is 0 Å². The van der Waals surface area contributed by atoms with Crippen LogP contribution in [-0.4, -0.2) is 24.9 Å². The number of anilines is 1. The SMILES string of the molecule is Cc1nc(C(C)Nc2ncnc3nc(C(F)(F)F)[nH]c23)cs1. The summed E-state index contributed by atoms with van der Waals surface area (Å²) in [6.45, 7) is 3.73. The topological polar surface area (TPSA) is 79.4 Å². The third-order valence-corrected chi connectivity index (χ3v) is 3.78. The maximum atomic E-state index is 12.7. The van der Waals surface area contributed by atoms with Crippen molar-refractivity contribution in [1.82, 2.24) is 24.9 Å². The molecule has 3 rings (SSSR count). The van der Waals surface area contributed by atoms with Crippen LogP contribution in [0.1, 0.15) is 29.5 Å². The quantitative estimate of drug-likeness (QED) is 0.771. The zero-order valence-corrected chi connectivity index (χ0v) is 12.4. The number of hydrogen-bond donors (Lipinski definition) is 2. The minimum absolute atomic E-state index is 0.0357. The summed E-state index contributed by atoms with van der Waals surface area (Å²) in [4.78, 5) is 17.7. The van der Waals surface area contributed by atoms with Gasteiger partial charge in [-0.2, -0.15) is 13.2 Å². The molecule has 0 saturated heterocycles. The molecule has 0 aliphatic carbocycles. The zero-order chi connectivity index (χ0) is 15.9. The molecular weight excluding hydrogens is 317 g/mol. The first kappa shape index (κ1) is 14.7. The zero-order valence-electron chi connectivity index (χ0n) is 11.6. The minimum Gasteiger partial charge on any atom is -0.360 e. The minimum atomic E-state index is -4.56. The molecule has 22 heavy (non-hydrogen) atoms. The van der Waals surface area contributed by atoms with Crippen molar-refractivity contribution in [3.8, 4) is 0 Å². The Hall–Kier alpha value is -2.23. The van der Waals surface area contributed by atoms with E-state index < -0.39 is 12.0 Å². The number of nitrogens with one attached hydrogen (secondary N) is 2. The van der Waals surface area contributed by atoms with Crippen LogP contribution < -0.4 is 5.32 Å². The molecule has 0 saturated carbocycles. The van der Waals surface area contributed by atoms with Gasteiger partial charge >= 0.3 is 6.18 Å². The summed E-state index contributed by atoms with van der Waals surface area (Å²) < 4.78 is 38.2. The van der Waals surface area contributed by atoms with Gasteiger partial charge in [0.05, 0.1) is 16.7 Å². The Kier molecular flexibility index (Phi) is 3.47. The van der Waals surface area contributed by atoms with E-state index in [1.54, 1.807) is 0 Å². The van der Waals surface area contributed by atoms with Crippen LogP contribution >= 0.6 is 11.3 Å². The van der Waals surface area contributed by atoms with E-state index in [0.29, 0.717) is 0 Å². The van der Waals surface area contributed by atoms with Crippen molar-refractivity contribution in [1.29, 1.82) is 0 Å². The highest BCUT2D eigenvalue weighted by Crippen LogP contribution is 2.30. The first-order chi connectivity index (χ1) is 10.3. The molecule has 0 spiro atoms. The van der Waals surface area contributed by atoms with E-state index in [1.165, 1.54) is 17.7 Å². The summed E-state index contributed by atoms with van der Waals surface area (Å²) in [7, 11) is 0. The Morgan fingerprint density at radius 1 is 1.27 bits per heavy atom. The molecule has 0 fully saturated rings. The maximum Gasteiger partial charge on any atom is 0.449 e. The highest BCUT2D eigenvalue weighted by molar-refractivity contribution is 7.09. The number of aromatic amines is 1. The Balaban J connectivity index is 1.95. The molecule has 3 heterocycles. The van der Waals surface area contributed by atoms with Crippen LogP contribution in [0.25, 0.3) is 11.2 Å². The second kappa shape index (κ2) is 5.20. The van der Waals surface area contributed by atoms with Crippen molar-refractivity contribution in [2.75, 3.05) is 5.32 Å². The predicted molar refractivity (Wildman–Crippen MR) is 75.6 cm³/mol. The van der Waals surface area contributed by atoms with Gasteiger partial charge in [-0.25, -0.2) is 19.9 Å². The Morgan fingerprint density at radius 2 is 2.05 bits per heavy atom. The molecule has 3 aromatic heterocycles. The number of thiazole rings is 1. The van der Waals surface area contributed by atoms with E-state index in [1.807, 2.05) is 19.2 Å². The van der Waals surface area contributed by atoms with Gasteiger partial charge in [0.25, 0.3) is 0 Å². The Labute approximate surface area is 126 Å². The van der Waals surface area contributed by atoms with Crippen molar-refractivity contribution in [3.05, 3.63) is 28.2 Å². The van der Waals surface area contributed by atoms with Crippen LogP contribution in [-0.2, 0) is 6.18 Å². The molecular formula is C12H11F3N6S. The second-order valence-corrected chi connectivity index (χ2v) is 5.72. The van der Waals surface area contributed by atoms with Crippen LogP contribution in [0.2, 0.25) is 0 Å². The standard InChI is InChI=1S/C12H11F3N6S/c1-5(7-3-22-6(2)19-7)18-9-8-10(17-4-16-9)21-11(20-8)12(13,14)15/h3-5H,1-2H3,(H2,16,17,18,20,21). The monoisotopic (exact) mass is 328 g/mol. The van der Waals surface area contributed by atoms with Gasteiger partial charge in [0, 0.05) is 5.38 Å². The fraction of sp³-hybridized carbons (Fsp3) is 0.333. The molecule has 0 amide bonds. The number of imidazole rings is 1. The van der Waals surface area contributed by atoms with Crippen molar-refractivity contribution < 1.29 is 13.2 Å². The first-order valence-corrected chi connectivity index (χ1v) is 7.19. The highest BCUT2D eigenvalue weighted by atomic mass is 32.1. The number of aromatic nitrogens is 5. The number of H-pyrrole nitrogens is 1. The largest absolute Gasteiger partial charge is 0.449 e. The average Bonchev–Trinajstić information content (AvgIpc) is 3.04. The van der Waals surface area contributed by atoms with E-state index in [2.05, 4.69) is 30.2 Å². The summed E-state index contributed by atoms with van der Waals surface area (Å²) in [5.41, 5.74) is 0.880. The summed E-state index contributed by atoms with van der Waals surface area (Å²) in [6.07, 6.45) is -3.39. The van der Waals surface area contributed by atoms with E-state index in [-0.39, 0.29) is 23.0 Å². The van der Waals surface area contributed by atoms with Crippen molar-refractivity contribution in [2.24, 2.45) is 0 Å². The fourth-order valence-corrected chi connectivity index (χ4v) is 2.64. The number of halogens is 3. The molecule has 3 aromatic rings. The van der Waals surface area contributed by atoms with E-state index >= 15 is 0 Å². The number of hydrogen-bond acceptors (Lipinski definition) is 6. The van der Waals surface area contributed by atoms with Gasteiger partial charge in [-0.15, -0.1) is 11.3 Å². The lowest BCUT2D eigenvalue weighted by Crippen LogP contribution is -2.09. The lowest BCUT2D eigenvalue weighted by Gasteiger charge is -2.12. The lowest BCUT2D eigenvalue weighted by molar-refractivity contribution is -0.144. The van der Waals surface area contributed by atoms with Crippen molar-refractivity contribution in [2.45, 2.75) is 26.1 Å². The summed E-state index contributed by atoms with van der Waals surface area (Å²) in [5, 5.41) is 5.84. The third-order valence-electron chi connectivity index (χ3n) is 2.99. The molecule has 10 heteroatoms. The van der Waals surface area contributed by atoms with Gasteiger partial charge in [0.1, 0.15) is 11.8 Å².